The van der Waals surface area contributed by atoms with Gasteiger partial charge in [0.15, 0.2) is 0 Å². The van der Waals surface area contributed by atoms with Gasteiger partial charge in [-0.2, -0.15) is 0 Å². The van der Waals surface area contributed by atoms with E-state index in [-0.39, 0.29) is 25.6 Å². The number of allylic oxidation sites excluding steroid dienone is 12. The fourth-order valence-electron chi connectivity index (χ4n) is 2.96. The molecule has 222 valence electrons. The molecule has 0 saturated carbocycles. The Morgan fingerprint density at radius 1 is 0.769 bits per heavy atom. The van der Waals surface area contributed by atoms with Crippen LogP contribution in [0, 0.1) is 0 Å². The van der Waals surface area contributed by atoms with Crippen LogP contribution < -0.4 is 4.89 Å². The highest BCUT2D eigenvalue weighted by atomic mass is 31.2. The summed E-state index contributed by atoms with van der Waals surface area (Å²) in [5.74, 6) is -0.378. The van der Waals surface area contributed by atoms with Gasteiger partial charge in [-0.05, 0) is 51.4 Å². The third-order valence-corrected chi connectivity index (χ3v) is 6.26. The highest BCUT2D eigenvalue weighted by molar-refractivity contribution is 7.45. The van der Waals surface area contributed by atoms with E-state index in [4.69, 9.17) is 13.8 Å². The number of carbonyl (C=O) groups excluding carboxylic acids is 1. The highest BCUT2D eigenvalue weighted by Crippen LogP contribution is 2.38. The second-order valence-electron chi connectivity index (χ2n) is 10.1. The lowest BCUT2D eigenvalue weighted by molar-refractivity contribution is -0.870. The molecule has 0 fully saturated rings. The van der Waals surface area contributed by atoms with Crippen LogP contribution in [0.25, 0.3) is 0 Å². The Morgan fingerprint density at radius 3 is 1.67 bits per heavy atom. The second-order valence-corrected chi connectivity index (χ2v) is 11.5. The standard InChI is InChI=1S/C31H52NO6P/c1-6-8-9-10-11-12-13-14-15-16-17-18-19-20-21-22-23-24-25-26-31(33)38-30(7-2)29-37-39(34,35)36-28-27-32(3,4)5/h8-9,11-12,14-15,17-18,20-21,23-24,30H,6-7,10,13,16,19,22,25-29H2,1-5H3/b9-8-,12-11-,15-14-,18-17-,21-20-,24-23-. The molecule has 0 rings (SSSR count). The van der Waals surface area contributed by atoms with E-state index in [1.54, 1.807) is 6.92 Å². The Morgan fingerprint density at radius 2 is 1.23 bits per heavy atom. The molecule has 0 aliphatic rings. The molecule has 0 N–H and O–H groups in total. The minimum absolute atomic E-state index is 0.0345. The van der Waals surface area contributed by atoms with Crippen molar-refractivity contribution < 1.29 is 32.5 Å². The zero-order chi connectivity index (χ0) is 29.2. The summed E-state index contributed by atoms with van der Waals surface area (Å²) in [6.45, 7) is 4.26. The average molecular weight is 566 g/mol. The summed E-state index contributed by atoms with van der Waals surface area (Å²) in [5.41, 5.74) is 0. The Kier molecular flexibility index (Phi) is 22.6. The zero-order valence-corrected chi connectivity index (χ0v) is 25.7. The van der Waals surface area contributed by atoms with Crippen LogP contribution in [0.4, 0.5) is 0 Å². The number of phosphoric ester groups is 1. The third-order valence-electron chi connectivity index (χ3n) is 5.30. The van der Waals surface area contributed by atoms with Crippen LogP contribution in [0.3, 0.4) is 0 Å². The van der Waals surface area contributed by atoms with Gasteiger partial charge in [0, 0.05) is 6.42 Å². The first-order valence-electron chi connectivity index (χ1n) is 14.1. The van der Waals surface area contributed by atoms with Crippen LogP contribution in [0.5, 0.6) is 0 Å². The van der Waals surface area contributed by atoms with E-state index in [1.807, 2.05) is 33.3 Å². The van der Waals surface area contributed by atoms with E-state index in [0.717, 1.165) is 38.5 Å². The Hall–Kier alpha value is -2.02. The van der Waals surface area contributed by atoms with E-state index in [1.165, 1.54) is 0 Å². The van der Waals surface area contributed by atoms with Gasteiger partial charge in [0.1, 0.15) is 19.3 Å². The van der Waals surface area contributed by atoms with Crippen molar-refractivity contribution in [2.45, 2.75) is 77.7 Å². The van der Waals surface area contributed by atoms with Gasteiger partial charge in [-0.25, -0.2) is 0 Å². The van der Waals surface area contributed by atoms with Crippen molar-refractivity contribution in [1.29, 1.82) is 0 Å². The Labute approximate surface area is 237 Å². The fourth-order valence-corrected chi connectivity index (χ4v) is 3.69. The van der Waals surface area contributed by atoms with Gasteiger partial charge in [-0.15, -0.1) is 0 Å². The van der Waals surface area contributed by atoms with E-state index in [0.29, 0.717) is 23.9 Å². The Bertz CT molecular complexity index is 852. The van der Waals surface area contributed by atoms with Crippen LogP contribution in [0.2, 0.25) is 0 Å². The summed E-state index contributed by atoms with van der Waals surface area (Å²) in [6.07, 6.45) is 32.0. The molecule has 39 heavy (non-hydrogen) atoms. The van der Waals surface area contributed by atoms with Crippen molar-refractivity contribution in [3.8, 4) is 0 Å². The van der Waals surface area contributed by atoms with Crippen LogP contribution >= 0.6 is 7.82 Å². The van der Waals surface area contributed by atoms with Gasteiger partial charge in [0.25, 0.3) is 7.82 Å². The van der Waals surface area contributed by atoms with E-state index in [9.17, 15) is 14.3 Å². The highest BCUT2D eigenvalue weighted by Gasteiger charge is 2.18. The topological polar surface area (TPSA) is 84.9 Å². The molecule has 0 aliphatic carbocycles. The van der Waals surface area contributed by atoms with E-state index < -0.39 is 13.9 Å². The molecule has 0 amide bonds. The average Bonchev–Trinajstić information content (AvgIpc) is 2.87. The normalized spacial score (nSPS) is 15.5. The van der Waals surface area contributed by atoms with Crippen molar-refractivity contribution in [3.05, 3.63) is 72.9 Å². The molecular formula is C31H52NO6P. The summed E-state index contributed by atoms with van der Waals surface area (Å²) in [6, 6.07) is 0. The summed E-state index contributed by atoms with van der Waals surface area (Å²) in [5, 5.41) is 0. The molecule has 7 nitrogen and oxygen atoms in total. The molecule has 8 heteroatoms. The lowest BCUT2D eigenvalue weighted by atomic mass is 10.2. The molecule has 2 unspecified atom stereocenters. The maximum Gasteiger partial charge on any atom is 0.306 e. The number of hydrogen-bond acceptors (Lipinski definition) is 6. The van der Waals surface area contributed by atoms with Gasteiger partial charge in [0.05, 0.1) is 27.7 Å². The van der Waals surface area contributed by atoms with Gasteiger partial charge in [-0.3, -0.25) is 9.36 Å². The molecule has 0 bridgehead atoms. The SMILES string of the molecule is CC/C=C\C/C=C\C/C=C\C/C=C\C/C=C\C/C=C\CCC(=O)OC(CC)COP(=O)([O-])OCC[N+](C)(C)C. The number of likely N-dealkylation sites (N-methyl/N-ethyl adjacent to an activating group) is 1. The number of quaternary nitrogens is 1. The quantitative estimate of drug-likeness (QED) is 0.0574. The molecule has 0 radical (unpaired) electrons. The van der Waals surface area contributed by atoms with Crippen LogP contribution in [0.15, 0.2) is 72.9 Å². The lowest BCUT2D eigenvalue weighted by Gasteiger charge is -2.28. The van der Waals surface area contributed by atoms with Crippen molar-refractivity contribution in [1.82, 2.24) is 0 Å². The van der Waals surface area contributed by atoms with Crippen LogP contribution in [0.1, 0.15) is 71.6 Å². The largest absolute Gasteiger partial charge is 0.756 e. The number of esters is 1. The number of hydrogen-bond donors (Lipinski definition) is 0. The number of nitrogens with zero attached hydrogens (tertiary/aromatic N) is 1. The molecule has 0 aromatic rings. The first kappa shape index (κ1) is 37.0. The van der Waals surface area contributed by atoms with Crippen molar-refractivity contribution in [2.24, 2.45) is 0 Å². The number of carbonyl (C=O) groups is 1. The molecule has 0 spiro atoms. The second kappa shape index (κ2) is 23.8. The number of rotatable bonds is 23. The number of phosphoric acid groups is 1. The molecule has 0 saturated heterocycles. The first-order chi connectivity index (χ1) is 18.6. The third kappa shape index (κ3) is 27.3. The summed E-state index contributed by atoms with van der Waals surface area (Å²) in [7, 11) is 1.38. The number of ether oxygens (including phenoxy) is 1. The predicted octanol–water partition coefficient (Wildman–Crippen LogP) is 6.99. The molecule has 0 aromatic carbocycles. The molecular weight excluding hydrogens is 513 g/mol. The van der Waals surface area contributed by atoms with Crippen LogP contribution in [-0.4, -0.2) is 57.5 Å². The van der Waals surface area contributed by atoms with E-state index in [2.05, 4.69) is 67.7 Å². The fraction of sp³-hybridized carbons (Fsp3) is 0.581. The van der Waals surface area contributed by atoms with Gasteiger partial charge < -0.3 is 23.2 Å². The molecule has 0 aromatic heterocycles. The molecule has 2 atom stereocenters. The summed E-state index contributed by atoms with van der Waals surface area (Å²) < 4.78 is 27.6. The zero-order valence-electron chi connectivity index (χ0n) is 24.8. The summed E-state index contributed by atoms with van der Waals surface area (Å²) in [4.78, 5) is 24.0. The van der Waals surface area contributed by atoms with Crippen LogP contribution in [-0.2, 0) is 23.1 Å². The monoisotopic (exact) mass is 565 g/mol. The lowest BCUT2D eigenvalue weighted by Crippen LogP contribution is -2.37. The van der Waals surface area contributed by atoms with Crippen molar-refractivity contribution in [3.63, 3.8) is 0 Å². The van der Waals surface area contributed by atoms with E-state index >= 15 is 0 Å². The van der Waals surface area contributed by atoms with Gasteiger partial charge >= 0.3 is 5.97 Å². The predicted molar refractivity (Wildman–Crippen MR) is 160 cm³/mol. The minimum atomic E-state index is -4.43. The first-order valence-corrected chi connectivity index (χ1v) is 15.6. The molecule has 0 aliphatic heterocycles. The van der Waals surface area contributed by atoms with Crippen molar-refractivity contribution in [2.75, 3.05) is 40.9 Å². The van der Waals surface area contributed by atoms with Gasteiger partial charge in [-0.1, -0.05) is 86.8 Å². The molecule has 0 heterocycles. The Balaban J connectivity index is 3.95. The maximum absolute atomic E-state index is 12.1. The maximum atomic E-state index is 12.1. The van der Waals surface area contributed by atoms with Gasteiger partial charge in [0.2, 0.25) is 0 Å². The van der Waals surface area contributed by atoms with Crippen molar-refractivity contribution >= 4 is 13.8 Å². The smallest absolute Gasteiger partial charge is 0.306 e. The summed E-state index contributed by atoms with van der Waals surface area (Å²) >= 11 is 0. The minimum Gasteiger partial charge on any atom is -0.756 e.